The number of carbonyl (C=O) groups excluding carboxylic acids is 2. The van der Waals surface area contributed by atoms with E-state index in [1.54, 1.807) is 0 Å². The number of fused-ring (bicyclic) bond motifs is 1. The van der Waals surface area contributed by atoms with Crippen LogP contribution in [0.3, 0.4) is 0 Å². The Hall–Kier alpha value is -1.95. The minimum atomic E-state index is -0.0213. The SMILES string of the molecule is CCCC(=O)Nc1nc2cc(NC(=O)CC(C)C)ccc2s1. The highest BCUT2D eigenvalue weighted by Gasteiger charge is 2.09. The molecule has 2 N–H and O–H groups in total. The number of anilines is 2. The summed E-state index contributed by atoms with van der Waals surface area (Å²) in [5, 5.41) is 6.27. The summed E-state index contributed by atoms with van der Waals surface area (Å²) in [6, 6.07) is 5.60. The van der Waals surface area contributed by atoms with E-state index in [9.17, 15) is 9.59 Å². The first-order valence-electron chi connectivity index (χ1n) is 7.48. The number of hydrogen-bond donors (Lipinski definition) is 2. The summed E-state index contributed by atoms with van der Waals surface area (Å²) in [6.07, 6.45) is 1.79. The van der Waals surface area contributed by atoms with Gasteiger partial charge in [-0.1, -0.05) is 32.1 Å². The van der Waals surface area contributed by atoms with Crippen LogP contribution in [-0.4, -0.2) is 16.8 Å². The molecule has 2 amide bonds. The van der Waals surface area contributed by atoms with E-state index < -0.39 is 0 Å². The summed E-state index contributed by atoms with van der Waals surface area (Å²) in [7, 11) is 0. The molecule has 0 saturated heterocycles. The standard InChI is InChI=1S/C16H21N3O2S/c1-4-5-14(20)19-16-18-12-9-11(6-7-13(12)22-16)17-15(21)8-10(2)3/h6-7,9-10H,4-5,8H2,1-3H3,(H,17,21)(H,18,19,20). The Morgan fingerprint density at radius 2 is 2.00 bits per heavy atom. The fraction of sp³-hybridized carbons (Fsp3) is 0.438. The van der Waals surface area contributed by atoms with E-state index in [0.29, 0.717) is 23.9 Å². The maximum Gasteiger partial charge on any atom is 0.226 e. The van der Waals surface area contributed by atoms with E-state index in [1.807, 2.05) is 39.0 Å². The number of hydrogen-bond acceptors (Lipinski definition) is 4. The lowest BCUT2D eigenvalue weighted by molar-refractivity contribution is -0.117. The van der Waals surface area contributed by atoms with Crippen LogP contribution in [0, 0.1) is 5.92 Å². The zero-order valence-electron chi connectivity index (χ0n) is 13.1. The van der Waals surface area contributed by atoms with Gasteiger partial charge in [-0.15, -0.1) is 0 Å². The topological polar surface area (TPSA) is 71.1 Å². The predicted octanol–water partition coefficient (Wildman–Crippen LogP) is 4.02. The molecule has 0 unspecified atom stereocenters. The average Bonchev–Trinajstić information content (AvgIpc) is 2.79. The molecule has 0 aliphatic carbocycles. The van der Waals surface area contributed by atoms with Crippen LogP contribution >= 0.6 is 11.3 Å². The summed E-state index contributed by atoms with van der Waals surface area (Å²) in [5.74, 6) is 0.302. The summed E-state index contributed by atoms with van der Waals surface area (Å²) >= 11 is 1.43. The third-order valence-corrected chi connectivity index (χ3v) is 3.94. The van der Waals surface area contributed by atoms with Crippen molar-refractivity contribution in [3.63, 3.8) is 0 Å². The second kappa shape index (κ2) is 7.35. The maximum atomic E-state index is 11.8. The molecule has 0 saturated carbocycles. The predicted molar refractivity (Wildman–Crippen MR) is 91.2 cm³/mol. The normalized spacial score (nSPS) is 10.9. The third-order valence-electron chi connectivity index (χ3n) is 2.99. The molecule has 1 heterocycles. The number of amides is 2. The van der Waals surface area contributed by atoms with E-state index in [-0.39, 0.29) is 11.8 Å². The molecule has 6 heteroatoms. The molecule has 0 fully saturated rings. The number of rotatable bonds is 6. The Labute approximate surface area is 134 Å². The quantitative estimate of drug-likeness (QED) is 0.844. The zero-order chi connectivity index (χ0) is 16.1. The number of thiazole rings is 1. The van der Waals surface area contributed by atoms with E-state index in [1.165, 1.54) is 11.3 Å². The van der Waals surface area contributed by atoms with Gasteiger partial charge in [-0.2, -0.15) is 0 Å². The van der Waals surface area contributed by atoms with Gasteiger partial charge in [0.25, 0.3) is 0 Å². The van der Waals surface area contributed by atoms with Gasteiger partial charge >= 0.3 is 0 Å². The fourth-order valence-electron chi connectivity index (χ4n) is 2.05. The Balaban J connectivity index is 2.10. The van der Waals surface area contributed by atoms with Gasteiger partial charge in [0.2, 0.25) is 11.8 Å². The summed E-state index contributed by atoms with van der Waals surface area (Å²) in [4.78, 5) is 27.8. The zero-order valence-corrected chi connectivity index (χ0v) is 13.9. The molecular weight excluding hydrogens is 298 g/mol. The Morgan fingerprint density at radius 1 is 1.23 bits per heavy atom. The van der Waals surface area contributed by atoms with Crippen LogP contribution in [0.1, 0.15) is 40.0 Å². The first-order valence-corrected chi connectivity index (χ1v) is 8.30. The van der Waals surface area contributed by atoms with Crippen LogP contribution in [0.15, 0.2) is 18.2 Å². The van der Waals surface area contributed by atoms with Gasteiger partial charge in [0.1, 0.15) is 0 Å². The largest absolute Gasteiger partial charge is 0.326 e. The van der Waals surface area contributed by atoms with Gasteiger partial charge < -0.3 is 10.6 Å². The highest BCUT2D eigenvalue weighted by molar-refractivity contribution is 7.22. The van der Waals surface area contributed by atoms with Gasteiger partial charge in [-0.05, 0) is 30.5 Å². The van der Waals surface area contributed by atoms with Crippen molar-refractivity contribution < 1.29 is 9.59 Å². The van der Waals surface area contributed by atoms with Crippen molar-refractivity contribution in [3.8, 4) is 0 Å². The fourth-order valence-corrected chi connectivity index (χ4v) is 2.91. The van der Waals surface area contributed by atoms with Crippen LogP contribution in [-0.2, 0) is 9.59 Å². The smallest absolute Gasteiger partial charge is 0.226 e. The maximum absolute atomic E-state index is 11.8. The Kier molecular flexibility index (Phi) is 5.49. The van der Waals surface area contributed by atoms with Crippen molar-refractivity contribution in [2.24, 2.45) is 5.92 Å². The van der Waals surface area contributed by atoms with E-state index >= 15 is 0 Å². The van der Waals surface area contributed by atoms with Gasteiger partial charge in [0.05, 0.1) is 10.2 Å². The lowest BCUT2D eigenvalue weighted by atomic mass is 10.1. The second-order valence-corrected chi connectivity index (χ2v) is 6.68. The van der Waals surface area contributed by atoms with Crippen molar-refractivity contribution in [2.45, 2.75) is 40.0 Å². The highest BCUT2D eigenvalue weighted by atomic mass is 32.1. The molecule has 0 aliphatic heterocycles. The van der Waals surface area contributed by atoms with Crippen LogP contribution in [0.25, 0.3) is 10.2 Å². The monoisotopic (exact) mass is 319 g/mol. The lowest BCUT2D eigenvalue weighted by Gasteiger charge is -2.06. The molecule has 0 atom stereocenters. The molecule has 0 aliphatic rings. The average molecular weight is 319 g/mol. The summed E-state index contributed by atoms with van der Waals surface area (Å²) in [5.41, 5.74) is 1.51. The molecule has 0 spiro atoms. The highest BCUT2D eigenvalue weighted by Crippen LogP contribution is 2.28. The van der Waals surface area contributed by atoms with Gasteiger partial charge in [0, 0.05) is 18.5 Å². The van der Waals surface area contributed by atoms with Crippen LogP contribution in [0.4, 0.5) is 10.8 Å². The van der Waals surface area contributed by atoms with Crippen molar-refractivity contribution in [1.82, 2.24) is 4.98 Å². The molecule has 2 aromatic rings. The molecule has 118 valence electrons. The van der Waals surface area contributed by atoms with Crippen molar-refractivity contribution in [1.29, 1.82) is 0 Å². The lowest BCUT2D eigenvalue weighted by Crippen LogP contribution is -2.13. The first-order chi connectivity index (χ1) is 10.5. The third kappa shape index (κ3) is 4.53. The number of benzene rings is 1. The number of nitrogens with zero attached hydrogens (tertiary/aromatic N) is 1. The van der Waals surface area contributed by atoms with Crippen molar-refractivity contribution in [2.75, 3.05) is 10.6 Å². The number of carbonyl (C=O) groups is 2. The molecular formula is C16H21N3O2S. The molecule has 0 bridgehead atoms. The minimum absolute atomic E-state index is 0.000974. The minimum Gasteiger partial charge on any atom is -0.326 e. The van der Waals surface area contributed by atoms with E-state index in [2.05, 4.69) is 15.6 Å². The van der Waals surface area contributed by atoms with E-state index in [4.69, 9.17) is 0 Å². The molecule has 2 rings (SSSR count). The van der Waals surface area contributed by atoms with Gasteiger partial charge in [-0.3, -0.25) is 9.59 Å². The second-order valence-electron chi connectivity index (χ2n) is 5.65. The van der Waals surface area contributed by atoms with Crippen molar-refractivity contribution >= 4 is 44.2 Å². The van der Waals surface area contributed by atoms with Crippen LogP contribution < -0.4 is 10.6 Å². The van der Waals surface area contributed by atoms with Crippen LogP contribution in [0.5, 0.6) is 0 Å². The van der Waals surface area contributed by atoms with Crippen molar-refractivity contribution in [3.05, 3.63) is 18.2 Å². The Morgan fingerprint density at radius 3 is 2.68 bits per heavy atom. The first kappa shape index (κ1) is 16.4. The summed E-state index contributed by atoms with van der Waals surface area (Å²) in [6.45, 7) is 5.98. The van der Waals surface area contributed by atoms with Gasteiger partial charge in [-0.25, -0.2) is 4.98 Å². The number of aromatic nitrogens is 1. The Bertz CT molecular complexity index is 679. The summed E-state index contributed by atoms with van der Waals surface area (Å²) < 4.78 is 0.980. The molecule has 22 heavy (non-hydrogen) atoms. The molecule has 1 aromatic carbocycles. The van der Waals surface area contributed by atoms with Crippen LogP contribution in [0.2, 0.25) is 0 Å². The van der Waals surface area contributed by atoms with Gasteiger partial charge in [0.15, 0.2) is 5.13 Å². The molecule has 1 aromatic heterocycles. The molecule has 0 radical (unpaired) electrons. The number of nitrogens with one attached hydrogen (secondary N) is 2. The molecule has 5 nitrogen and oxygen atoms in total. The van der Waals surface area contributed by atoms with E-state index in [0.717, 1.165) is 22.3 Å².